The summed E-state index contributed by atoms with van der Waals surface area (Å²) in [5, 5.41) is 10.6. The van der Waals surface area contributed by atoms with Crippen LogP contribution in [0.4, 0.5) is 5.82 Å². The van der Waals surface area contributed by atoms with Gasteiger partial charge >= 0.3 is 0 Å². The van der Waals surface area contributed by atoms with Crippen LogP contribution in [-0.2, 0) is 0 Å². The van der Waals surface area contributed by atoms with Crippen LogP contribution >= 0.6 is 0 Å². The first-order chi connectivity index (χ1) is 9.75. The standard InChI is InChI=1S/C14H10N4O2/c19-12-9-4-3-7-16-13(9)18-14(20)10(12)8-17-11-5-1-2-6-15-11/h1-8H,(H2,16,18,19,20)/b17-8+. The lowest BCUT2D eigenvalue weighted by Gasteiger charge is -2.02. The molecule has 6 nitrogen and oxygen atoms in total. The fraction of sp³-hybridized carbons (Fsp3) is 0. The summed E-state index contributed by atoms with van der Waals surface area (Å²) >= 11 is 0. The minimum atomic E-state index is -0.451. The normalized spacial score (nSPS) is 11.2. The molecule has 98 valence electrons. The van der Waals surface area contributed by atoms with Gasteiger partial charge in [0.15, 0.2) is 5.82 Å². The smallest absolute Gasteiger partial charge is 0.262 e. The molecule has 3 aromatic heterocycles. The highest BCUT2D eigenvalue weighted by molar-refractivity contribution is 5.93. The van der Waals surface area contributed by atoms with Crippen LogP contribution in [0.15, 0.2) is 52.5 Å². The molecule has 3 heterocycles. The highest BCUT2D eigenvalue weighted by atomic mass is 16.3. The fourth-order valence-corrected chi connectivity index (χ4v) is 1.80. The monoisotopic (exact) mass is 266 g/mol. The molecular weight excluding hydrogens is 256 g/mol. The average Bonchev–Trinajstić information content (AvgIpc) is 2.48. The molecular formula is C14H10N4O2. The summed E-state index contributed by atoms with van der Waals surface area (Å²) in [5.41, 5.74) is -0.0329. The van der Waals surface area contributed by atoms with Crippen molar-refractivity contribution in [2.75, 3.05) is 0 Å². The molecule has 0 saturated heterocycles. The molecule has 0 bridgehead atoms. The molecule has 0 aliphatic heterocycles. The molecule has 0 aliphatic carbocycles. The van der Waals surface area contributed by atoms with Crippen molar-refractivity contribution in [3.63, 3.8) is 0 Å². The van der Waals surface area contributed by atoms with E-state index >= 15 is 0 Å². The van der Waals surface area contributed by atoms with Crippen molar-refractivity contribution in [2.45, 2.75) is 0 Å². The number of H-pyrrole nitrogens is 1. The van der Waals surface area contributed by atoms with Crippen molar-refractivity contribution in [2.24, 2.45) is 4.99 Å². The van der Waals surface area contributed by atoms with Gasteiger partial charge in [0.25, 0.3) is 5.56 Å². The van der Waals surface area contributed by atoms with Gasteiger partial charge in [-0.3, -0.25) is 4.79 Å². The second-order valence-electron chi connectivity index (χ2n) is 4.06. The number of aromatic hydroxyl groups is 1. The van der Waals surface area contributed by atoms with Gasteiger partial charge in [-0.05, 0) is 24.3 Å². The van der Waals surface area contributed by atoms with Gasteiger partial charge in [-0.2, -0.15) is 0 Å². The second-order valence-corrected chi connectivity index (χ2v) is 4.06. The van der Waals surface area contributed by atoms with Crippen LogP contribution in [0.3, 0.4) is 0 Å². The predicted octanol–water partition coefficient (Wildman–Crippen LogP) is 1.77. The minimum absolute atomic E-state index is 0.0798. The van der Waals surface area contributed by atoms with Gasteiger partial charge in [-0.1, -0.05) is 6.07 Å². The highest BCUT2D eigenvalue weighted by Crippen LogP contribution is 2.22. The number of aliphatic imine (C=N–C) groups is 1. The maximum atomic E-state index is 11.9. The van der Waals surface area contributed by atoms with E-state index in [2.05, 4.69) is 19.9 Å². The molecule has 0 unspecified atom stereocenters. The first kappa shape index (κ1) is 12.0. The largest absolute Gasteiger partial charge is 0.506 e. The van der Waals surface area contributed by atoms with Gasteiger partial charge in [0.1, 0.15) is 17.0 Å². The van der Waals surface area contributed by atoms with Crippen LogP contribution < -0.4 is 5.56 Å². The minimum Gasteiger partial charge on any atom is -0.506 e. The third-order valence-electron chi connectivity index (χ3n) is 2.77. The Hall–Kier alpha value is -3.02. The summed E-state index contributed by atoms with van der Waals surface area (Å²) in [6.45, 7) is 0. The number of aromatic nitrogens is 3. The molecule has 3 rings (SSSR count). The number of nitrogens with zero attached hydrogens (tertiary/aromatic N) is 3. The Morgan fingerprint density at radius 2 is 2.00 bits per heavy atom. The van der Waals surface area contributed by atoms with Gasteiger partial charge in [-0.15, -0.1) is 0 Å². The number of aromatic amines is 1. The molecule has 0 radical (unpaired) electrons. The molecule has 3 aromatic rings. The Labute approximate surface area is 113 Å². The molecule has 2 N–H and O–H groups in total. The van der Waals surface area contributed by atoms with E-state index in [1.165, 1.54) is 6.21 Å². The van der Waals surface area contributed by atoms with Crippen molar-refractivity contribution in [1.29, 1.82) is 0 Å². The SMILES string of the molecule is O=c1[nH]c2ncccc2c(O)c1/C=N/c1ccccn1. The van der Waals surface area contributed by atoms with Gasteiger partial charge in [0, 0.05) is 18.6 Å². The Bertz CT molecular complexity index is 841. The number of fused-ring (bicyclic) bond motifs is 1. The van der Waals surface area contributed by atoms with Crippen LogP contribution in [0, 0.1) is 0 Å². The summed E-state index contributed by atoms with van der Waals surface area (Å²) < 4.78 is 0. The van der Waals surface area contributed by atoms with Crippen molar-refractivity contribution < 1.29 is 5.11 Å². The zero-order valence-corrected chi connectivity index (χ0v) is 10.3. The van der Waals surface area contributed by atoms with Crippen molar-refractivity contribution in [3.05, 3.63) is 58.6 Å². The Balaban J connectivity index is 2.12. The van der Waals surface area contributed by atoms with Crippen molar-refractivity contribution in [3.8, 4) is 5.75 Å². The van der Waals surface area contributed by atoms with E-state index in [0.717, 1.165) is 0 Å². The maximum Gasteiger partial charge on any atom is 0.262 e. The van der Waals surface area contributed by atoms with Crippen LogP contribution in [0.1, 0.15) is 5.56 Å². The number of pyridine rings is 3. The summed E-state index contributed by atoms with van der Waals surface area (Å²) in [7, 11) is 0. The predicted molar refractivity (Wildman–Crippen MR) is 75.5 cm³/mol. The molecule has 0 fully saturated rings. The van der Waals surface area contributed by atoms with E-state index in [-0.39, 0.29) is 11.3 Å². The number of hydrogen-bond donors (Lipinski definition) is 2. The summed E-state index contributed by atoms with van der Waals surface area (Å²) in [4.78, 5) is 26.6. The first-order valence-electron chi connectivity index (χ1n) is 5.91. The van der Waals surface area contributed by atoms with Crippen molar-refractivity contribution in [1.82, 2.24) is 15.0 Å². The summed E-state index contributed by atoms with van der Waals surface area (Å²) in [6.07, 6.45) is 4.43. The quantitative estimate of drug-likeness (QED) is 0.691. The second kappa shape index (κ2) is 4.93. The molecule has 0 aromatic carbocycles. The molecule has 6 heteroatoms. The third kappa shape index (κ3) is 2.14. The Morgan fingerprint density at radius 1 is 1.15 bits per heavy atom. The Morgan fingerprint density at radius 3 is 2.80 bits per heavy atom. The van der Waals surface area contributed by atoms with Crippen LogP contribution in [0.25, 0.3) is 11.0 Å². The Kier molecular flexibility index (Phi) is 2.96. The molecule has 0 atom stereocenters. The molecule has 0 spiro atoms. The highest BCUT2D eigenvalue weighted by Gasteiger charge is 2.10. The van der Waals surface area contributed by atoms with Crippen LogP contribution in [0.5, 0.6) is 5.75 Å². The van der Waals surface area contributed by atoms with Gasteiger partial charge in [0.2, 0.25) is 0 Å². The van der Waals surface area contributed by atoms with E-state index in [0.29, 0.717) is 16.9 Å². The van der Waals surface area contributed by atoms with Gasteiger partial charge < -0.3 is 10.1 Å². The average molecular weight is 266 g/mol. The lowest BCUT2D eigenvalue weighted by molar-refractivity contribution is 0.479. The van der Waals surface area contributed by atoms with Crippen LogP contribution in [-0.4, -0.2) is 26.3 Å². The van der Waals surface area contributed by atoms with E-state index in [1.807, 2.05) is 0 Å². The van der Waals surface area contributed by atoms with Crippen LogP contribution in [0.2, 0.25) is 0 Å². The molecule has 0 saturated carbocycles. The maximum absolute atomic E-state index is 11.9. The topological polar surface area (TPSA) is 91.2 Å². The lowest BCUT2D eigenvalue weighted by Crippen LogP contribution is -2.12. The van der Waals surface area contributed by atoms with E-state index in [1.54, 1.807) is 42.7 Å². The lowest BCUT2D eigenvalue weighted by atomic mass is 10.2. The number of nitrogens with one attached hydrogen (secondary N) is 1. The molecule has 20 heavy (non-hydrogen) atoms. The fourth-order valence-electron chi connectivity index (χ4n) is 1.80. The van der Waals surface area contributed by atoms with E-state index in [4.69, 9.17) is 0 Å². The third-order valence-corrected chi connectivity index (χ3v) is 2.77. The zero-order chi connectivity index (χ0) is 13.9. The van der Waals surface area contributed by atoms with Crippen molar-refractivity contribution >= 4 is 23.1 Å². The van der Waals surface area contributed by atoms with E-state index in [9.17, 15) is 9.90 Å². The van der Waals surface area contributed by atoms with Gasteiger partial charge in [-0.25, -0.2) is 15.0 Å². The summed E-state index contributed by atoms with van der Waals surface area (Å²) in [5.74, 6) is 0.314. The first-order valence-corrected chi connectivity index (χ1v) is 5.91. The zero-order valence-electron chi connectivity index (χ0n) is 10.3. The number of hydrogen-bond acceptors (Lipinski definition) is 5. The van der Waals surface area contributed by atoms with Gasteiger partial charge in [0.05, 0.1) is 5.39 Å². The summed E-state index contributed by atoms with van der Waals surface area (Å²) in [6, 6.07) is 8.61. The van der Waals surface area contributed by atoms with E-state index < -0.39 is 5.56 Å². The molecule has 0 amide bonds. The number of rotatable bonds is 2. The molecule has 0 aliphatic rings.